The number of nitrogens with zero attached hydrogens (tertiary/aromatic N) is 1. The summed E-state index contributed by atoms with van der Waals surface area (Å²) in [7, 11) is 1.55. The Kier molecular flexibility index (Phi) is 6.82. The molecule has 0 aliphatic carbocycles. The van der Waals surface area contributed by atoms with Crippen LogP contribution < -0.4 is 10.9 Å². The van der Waals surface area contributed by atoms with Crippen molar-refractivity contribution in [1.29, 1.82) is 0 Å². The molecule has 4 rings (SSSR count). The molecule has 0 aliphatic rings. The van der Waals surface area contributed by atoms with Crippen LogP contribution in [0.1, 0.15) is 35.0 Å². The molecule has 0 spiro atoms. The van der Waals surface area contributed by atoms with Gasteiger partial charge in [-0.1, -0.05) is 73.7 Å². The van der Waals surface area contributed by atoms with Gasteiger partial charge in [0.15, 0.2) is 6.10 Å². The van der Waals surface area contributed by atoms with Crippen LogP contribution in [0.25, 0.3) is 21.9 Å². The molecule has 1 heterocycles. The quantitative estimate of drug-likeness (QED) is 0.385. The third-order valence-electron chi connectivity index (χ3n) is 6.20. The Balaban J connectivity index is 1.76. The first kappa shape index (κ1) is 24.0. The molecule has 1 aromatic heterocycles. The van der Waals surface area contributed by atoms with Crippen molar-refractivity contribution in [2.45, 2.75) is 33.3 Å². The maximum absolute atomic E-state index is 13.6. The molecule has 1 atom stereocenters. The van der Waals surface area contributed by atoms with E-state index in [0.717, 1.165) is 16.7 Å². The largest absolute Gasteiger partial charge is 0.448 e. The molecule has 1 N–H and O–H groups in total. The Bertz CT molecular complexity index is 1450. The van der Waals surface area contributed by atoms with Crippen LogP contribution in [-0.4, -0.2) is 22.5 Å². The van der Waals surface area contributed by atoms with E-state index < -0.39 is 18.0 Å². The molecule has 0 saturated carbocycles. The molecule has 6 nitrogen and oxygen atoms in total. The predicted octanol–water partition coefficient (Wildman–Crippen LogP) is 5.40. The molecular weight excluding hydrogens is 440 g/mol. The summed E-state index contributed by atoms with van der Waals surface area (Å²) in [6.07, 6.45) is -0.739. The Labute approximate surface area is 204 Å². The van der Waals surface area contributed by atoms with Crippen LogP contribution in [0.3, 0.4) is 0 Å². The molecule has 0 radical (unpaired) electrons. The number of carbonyl (C=O) groups excluding carboxylic acids is 2. The maximum Gasteiger partial charge on any atom is 0.356 e. The lowest BCUT2D eigenvalue weighted by Gasteiger charge is -2.21. The average Bonchev–Trinajstić information content (AvgIpc) is 2.87. The summed E-state index contributed by atoms with van der Waals surface area (Å²) in [4.78, 5) is 39.7. The van der Waals surface area contributed by atoms with Gasteiger partial charge in [-0.15, -0.1) is 0 Å². The molecule has 0 saturated heterocycles. The summed E-state index contributed by atoms with van der Waals surface area (Å²) >= 11 is 0. The Morgan fingerprint density at radius 3 is 2.11 bits per heavy atom. The van der Waals surface area contributed by atoms with E-state index in [1.165, 1.54) is 4.57 Å². The Hall–Kier alpha value is -4.19. The van der Waals surface area contributed by atoms with Crippen LogP contribution in [0.2, 0.25) is 0 Å². The monoisotopic (exact) mass is 468 g/mol. The highest BCUT2D eigenvalue weighted by molar-refractivity contribution is 6.07. The highest BCUT2D eigenvalue weighted by Gasteiger charge is 2.28. The first-order valence-corrected chi connectivity index (χ1v) is 11.6. The summed E-state index contributed by atoms with van der Waals surface area (Å²) in [6, 6.07) is 22.3. The van der Waals surface area contributed by atoms with E-state index in [0.29, 0.717) is 22.0 Å². The minimum atomic E-state index is -1.02. The van der Waals surface area contributed by atoms with Crippen molar-refractivity contribution >= 4 is 28.3 Å². The Morgan fingerprint density at radius 1 is 0.886 bits per heavy atom. The van der Waals surface area contributed by atoms with Crippen LogP contribution in [-0.2, 0) is 16.6 Å². The van der Waals surface area contributed by atoms with E-state index in [2.05, 4.69) is 5.32 Å². The van der Waals surface area contributed by atoms with Crippen molar-refractivity contribution < 1.29 is 14.3 Å². The van der Waals surface area contributed by atoms with Crippen LogP contribution >= 0.6 is 0 Å². The van der Waals surface area contributed by atoms with E-state index >= 15 is 0 Å². The van der Waals surface area contributed by atoms with Gasteiger partial charge in [-0.05, 0) is 48.4 Å². The zero-order valence-electron chi connectivity index (χ0n) is 20.3. The average molecular weight is 469 g/mol. The van der Waals surface area contributed by atoms with Gasteiger partial charge in [0.1, 0.15) is 5.69 Å². The number of nitrogens with one attached hydrogen (secondary N) is 1. The standard InChI is InChI=1S/C29H28N2O4/c1-5-23(27(32)30-25-18(2)12-11-13-19(25)3)35-29(34)26-24(20-14-7-6-8-15-20)21-16-9-10-17-22(21)28(33)31(26)4/h6-17,23H,5H2,1-4H3,(H,30,32). The number of hydrogen-bond acceptors (Lipinski definition) is 4. The fraction of sp³-hybridized carbons (Fsp3) is 0.207. The molecular formula is C29H28N2O4. The van der Waals surface area contributed by atoms with E-state index in [4.69, 9.17) is 4.74 Å². The molecule has 0 bridgehead atoms. The molecule has 3 aromatic carbocycles. The van der Waals surface area contributed by atoms with E-state index in [1.54, 1.807) is 26.1 Å². The van der Waals surface area contributed by atoms with Crippen LogP contribution in [0.15, 0.2) is 77.6 Å². The third-order valence-corrected chi connectivity index (χ3v) is 6.20. The minimum absolute atomic E-state index is 0.109. The molecule has 0 aliphatic heterocycles. The second kappa shape index (κ2) is 9.97. The molecule has 1 amide bonds. The van der Waals surface area contributed by atoms with E-state index in [-0.39, 0.29) is 17.7 Å². The Morgan fingerprint density at radius 2 is 1.49 bits per heavy atom. The number of benzene rings is 3. The highest BCUT2D eigenvalue weighted by atomic mass is 16.5. The minimum Gasteiger partial charge on any atom is -0.448 e. The number of amides is 1. The van der Waals surface area contributed by atoms with Crippen molar-refractivity contribution in [2.24, 2.45) is 7.05 Å². The summed E-state index contributed by atoms with van der Waals surface area (Å²) < 4.78 is 7.04. The maximum atomic E-state index is 13.6. The number of aromatic nitrogens is 1. The number of hydrogen-bond donors (Lipinski definition) is 1. The zero-order chi connectivity index (χ0) is 25.1. The number of ether oxygens (including phenoxy) is 1. The smallest absolute Gasteiger partial charge is 0.356 e. The van der Waals surface area contributed by atoms with Gasteiger partial charge in [0.2, 0.25) is 0 Å². The number of esters is 1. The second-order valence-corrected chi connectivity index (χ2v) is 8.56. The zero-order valence-corrected chi connectivity index (χ0v) is 20.3. The first-order valence-electron chi connectivity index (χ1n) is 11.6. The lowest BCUT2D eigenvalue weighted by molar-refractivity contribution is -0.124. The van der Waals surface area contributed by atoms with Crippen LogP contribution in [0.4, 0.5) is 5.69 Å². The number of para-hydroxylation sites is 1. The third kappa shape index (κ3) is 4.60. The summed E-state index contributed by atoms with van der Waals surface area (Å²) in [5.41, 5.74) is 3.72. The van der Waals surface area contributed by atoms with Crippen molar-refractivity contribution in [3.8, 4) is 11.1 Å². The second-order valence-electron chi connectivity index (χ2n) is 8.56. The topological polar surface area (TPSA) is 77.4 Å². The van der Waals surface area contributed by atoms with Gasteiger partial charge in [0, 0.05) is 23.7 Å². The van der Waals surface area contributed by atoms with Gasteiger partial charge in [-0.2, -0.15) is 0 Å². The number of carbonyl (C=O) groups is 2. The molecule has 35 heavy (non-hydrogen) atoms. The molecule has 0 fully saturated rings. The number of fused-ring (bicyclic) bond motifs is 1. The van der Waals surface area contributed by atoms with Crippen LogP contribution in [0, 0.1) is 13.8 Å². The lowest BCUT2D eigenvalue weighted by atomic mass is 9.97. The molecule has 6 heteroatoms. The van der Waals surface area contributed by atoms with E-state index in [9.17, 15) is 14.4 Å². The van der Waals surface area contributed by atoms with Crippen LogP contribution in [0.5, 0.6) is 0 Å². The number of aryl methyl sites for hydroxylation is 2. The predicted molar refractivity (Wildman–Crippen MR) is 139 cm³/mol. The molecule has 1 unspecified atom stereocenters. The van der Waals surface area contributed by atoms with Gasteiger partial charge in [-0.25, -0.2) is 4.79 Å². The van der Waals surface area contributed by atoms with E-state index in [1.807, 2.05) is 74.5 Å². The van der Waals surface area contributed by atoms with Gasteiger partial charge < -0.3 is 14.6 Å². The van der Waals surface area contributed by atoms with Crippen molar-refractivity contribution in [2.75, 3.05) is 5.32 Å². The normalized spacial score (nSPS) is 11.8. The van der Waals surface area contributed by atoms with Crippen molar-refractivity contribution in [1.82, 2.24) is 4.57 Å². The van der Waals surface area contributed by atoms with Gasteiger partial charge in [0.25, 0.3) is 11.5 Å². The molecule has 178 valence electrons. The fourth-order valence-corrected chi connectivity index (χ4v) is 4.32. The van der Waals surface area contributed by atoms with Gasteiger partial charge in [0.05, 0.1) is 0 Å². The van der Waals surface area contributed by atoms with Crippen molar-refractivity contribution in [3.05, 3.63) is 100.0 Å². The number of pyridine rings is 1. The first-order chi connectivity index (χ1) is 16.8. The lowest BCUT2D eigenvalue weighted by Crippen LogP contribution is -2.34. The fourth-order valence-electron chi connectivity index (χ4n) is 4.32. The summed E-state index contributed by atoms with van der Waals surface area (Å²) in [5.74, 6) is -1.14. The number of rotatable bonds is 6. The number of anilines is 1. The van der Waals surface area contributed by atoms with Crippen molar-refractivity contribution in [3.63, 3.8) is 0 Å². The SMILES string of the molecule is CCC(OC(=O)c1c(-c2ccccc2)c2ccccc2c(=O)n1C)C(=O)Nc1c(C)cccc1C. The molecule has 4 aromatic rings. The highest BCUT2D eigenvalue weighted by Crippen LogP contribution is 2.31. The van der Waals surface area contributed by atoms with Gasteiger partial charge >= 0.3 is 5.97 Å². The summed E-state index contributed by atoms with van der Waals surface area (Å²) in [6.45, 7) is 5.60. The van der Waals surface area contributed by atoms with Gasteiger partial charge in [-0.3, -0.25) is 9.59 Å². The summed E-state index contributed by atoms with van der Waals surface area (Å²) in [5, 5.41) is 4.06.